The Hall–Kier alpha value is -2.60. The molecule has 0 spiro atoms. The van der Waals surface area contributed by atoms with Crippen LogP contribution in [0.3, 0.4) is 0 Å². The highest BCUT2D eigenvalue weighted by Crippen LogP contribution is 2.31. The largest absolute Gasteiger partial charge is 0.289 e. The number of rotatable bonds is 6. The van der Waals surface area contributed by atoms with Crippen molar-refractivity contribution in [3.05, 3.63) is 71.8 Å². The summed E-state index contributed by atoms with van der Waals surface area (Å²) in [5.74, 6) is 1.61. The third-order valence-electron chi connectivity index (χ3n) is 5.33. The number of nitrogens with zero attached hydrogens (tertiary/aromatic N) is 6. The molecule has 0 amide bonds. The summed E-state index contributed by atoms with van der Waals surface area (Å²) in [4.78, 5) is 6.71. The smallest absolute Gasteiger partial charge is 0.173 e. The van der Waals surface area contributed by atoms with E-state index in [9.17, 15) is 0 Å². The molecule has 1 aliphatic heterocycles. The van der Waals surface area contributed by atoms with Crippen molar-refractivity contribution >= 4 is 0 Å². The van der Waals surface area contributed by atoms with Gasteiger partial charge in [0.05, 0.1) is 6.04 Å². The average Bonchev–Trinajstić information content (AvgIpc) is 3.16. The van der Waals surface area contributed by atoms with E-state index >= 15 is 0 Å². The van der Waals surface area contributed by atoms with Crippen LogP contribution in [0.15, 0.2) is 54.9 Å². The van der Waals surface area contributed by atoms with Crippen LogP contribution >= 0.6 is 0 Å². The van der Waals surface area contributed by atoms with Gasteiger partial charge < -0.3 is 0 Å². The van der Waals surface area contributed by atoms with Crippen LogP contribution < -0.4 is 0 Å². The standard InChI is InChI=1S/C21H26N6/c1-17-6-5-14-26(16-17)20(19-9-12-22-13-10-19)21-23-24-25-27(21)15-11-18-7-3-2-4-8-18/h2-4,7-10,12-13,17,20H,5-6,11,14-16H2,1H3. The molecule has 0 aliphatic carbocycles. The number of pyridine rings is 1. The van der Waals surface area contributed by atoms with Gasteiger partial charge in [-0.25, -0.2) is 4.68 Å². The maximum Gasteiger partial charge on any atom is 0.173 e. The van der Waals surface area contributed by atoms with Gasteiger partial charge in [-0.15, -0.1) is 5.10 Å². The minimum atomic E-state index is 0.0709. The lowest BCUT2D eigenvalue weighted by molar-refractivity contribution is 0.141. The van der Waals surface area contributed by atoms with Gasteiger partial charge in [-0.1, -0.05) is 37.3 Å². The molecule has 6 heteroatoms. The van der Waals surface area contributed by atoms with E-state index in [-0.39, 0.29) is 6.04 Å². The van der Waals surface area contributed by atoms with Crippen molar-refractivity contribution in [2.75, 3.05) is 13.1 Å². The molecule has 4 rings (SSSR count). The number of likely N-dealkylation sites (tertiary alicyclic amines) is 1. The Morgan fingerprint density at radius 2 is 1.93 bits per heavy atom. The number of aryl methyl sites for hydroxylation is 2. The normalized spacial score (nSPS) is 19.1. The van der Waals surface area contributed by atoms with Crippen molar-refractivity contribution < 1.29 is 0 Å². The van der Waals surface area contributed by atoms with Crippen molar-refractivity contribution in [2.45, 2.75) is 38.8 Å². The topological polar surface area (TPSA) is 59.7 Å². The summed E-state index contributed by atoms with van der Waals surface area (Å²) < 4.78 is 1.97. The van der Waals surface area contributed by atoms with Gasteiger partial charge in [-0.3, -0.25) is 9.88 Å². The second-order valence-corrected chi connectivity index (χ2v) is 7.42. The highest BCUT2D eigenvalue weighted by atomic mass is 15.5. The lowest BCUT2D eigenvalue weighted by Crippen LogP contribution is -2.39. The first-order valence-corrected chi connectivity index (χ1v) is 9.75. The summed E-state index contributed by atoms with van der Waals surface area (Å²) in [5, 5.41) is 12.8. The number of aromatic nitrogens is 5. The molecule has 1 aliphatic rings. The number of piperidine rings is 1. The molecule has 0 saturated carbocycles. The fourth-order valence-corrected chi connectivity index (χ4v) is 3.98. The van der Waals surface area contributed by atoms with Crippen LogP contribution in [0.5, 0.6) is 0 Å². The molecule has 3 aromatic rings. The van der Waals surface area contributed by atoms with Gasteiger partial charge in [-0.2, -0.15) is 0 Å². The Morgan fingerprint density at radius 1 is 1.11 bits per heavy atom. The lowest BCUT2D eigenvalue weighted by Gasteiger charge is -2.36. The summed E-state index contributed by atoms with van der Waals surface area (Å²) in [6, 6.07) is 14.7. The Balaban J connectivity index is 1.61. The zero-order valence-electron chi connectivity index (χ0n) is 15.8. The molecule has 2 unspecified atom stereocenters. The molecule has 1 aromatic carbocycles. The van der Waals surface area contributed by atoms with Crippen LogP contribution in [0.25, 0.3) is 0 Å². The third kappa shape index (κ3) is 4.22. The van der Waals surface area contributed by atoms with E-state index in [2.05, 4.69) is 68.7 Å². The van der Waals surface area contributed by atoms with Gasteiger partial charge in [0.2, 0.25) is 0 Å². The molecule has 2 aromatic heterocycles. The molecule has 2 atom stereocenters. The number of hydrogen-bond donors (Lipinski definition) is 0. The Kier molecular flexibility index (Phi) is 5.53. The van der Waals surface area contributed by atoms with Crippen LogP contribution in [-0.4, -0.2) is 43.2 Å². The zero-order valence-corrected chi connectivity index (χ0v) is 15.8. The molecule has 0 N–H and O–H groups in total. The molecule has 27 heavy (non-hydrogen) atoms. The van der Waals surface area contributed by atoms with E-state index in [1.54, 1.807) is 0 Å². The molecule has 0 bridgehead atoms. The predicted molar refractivity (Wildman–Crippen MR) is 104 cm³/mol. The zero-order chi connectivity index (χ0) is 18.5. The monoisotopic (exact) mass is 362 g/mol. The maximum atomic E-state index is 4.45. The van der Waals surface area contributed by atoms with Crippen LogP contribution in [0.4, 0.5) is 0 Å². The highest BCUT2D eigenvalue weighted by Gasteiger charge is 2.30. The van der Waals surface area contributed by atoms with Gasteiger partial charge in [0.1, 0.15) is 0 Å². The Morgan fingerprint density at radius 3 is 2.70 bits per heavy atom. The Labute approximate surface area is 160 Å². The first kappa shape index (κ1) is 17.8. The molecule has 140 valence electrons. The molecular weight excluding hydrogens is 336 g/mol. The van der Waals surface area contributed by atoms with E-state index < -0.39 is 0 Å². The van der Waals surface area contributed by atoms with Crippen molar-refractivity contribution in [1.82, 2.24) is 30.1 Å². The Bertz CT molecular complexity index is 832. The fraction of sp³-hybridized carbons (Fsp3) is 0.429. The maximum absolute atomic E-state index is 4.45. The molecule has 1 saturated heterocycles. The summed E-state index contributed by atoms with van der Waals surface area (Å²) in [5.41, 5.74) is 2.50. The van der Waals surface area contributed by atoms with Crippen molar-refractivity contribution in [1.29, 1.82) is 0 Å². The first-order valence-electron chi connectivity index (χ1n) is 9.75. The predicted octanol–water partition coefficient (Wildman–Crippen LogP) is 3.13. The minimum Gasteiger partial charge on any atom is -0.289 e. The number of benzene rings is 1. The SMILES string of the molecule is CC1CCCN(C(c2ccncc2)c2nnnn2CCc2ccccc2)C1. The van der Waals surface area contributed by atoms with E-state index in [0.717, 1.165) is 31.9 Å². The minimum absolute atomic E-state index is 0.0709. The quantitative estimate of drug-likeness (QED) is 0.674. The van der Waals surface area contributed by atoms with Crippen molar-refractivity contribution in [3.8, 4) is 0 Å². The van der Waals surface area contributed by atoms with E-state index in [0.29, 0.717) is 5.92 Å². The van der Waals surface area contributed by atoms with Gasteiger partial charge >= 0.3 is 0 Å². The molecular formula is C21H26N6. The summed E-state index contributed by atoms with van der Waals surface area (Å²) in [7, 11) is 0. The number of tetrazole rings is 1. The lowest BCUT2D eigenvalue weighted by atomic mass is 9.96. The molecule has 1 fully saturated rings. The van der Waals surface area contributed by atoms with Crippen LogP contribution in [0.2, 0.25) is 0 Å². The highest BCUT2D eigenvalue weighted by molar-refractivity contribution is 5.23. The number of hydrogen-bond acceptors (Lipinski definition) is 5. The molecule has 6 nitrogen and oxygen atoms in total. The average molecular weight is 362 g/mol. The van der Waals surface area contributed by atoms with Gasteiger partial charge in [0.25, 0.3) is 0 Å². The van der Waals surface area contributed by atoms with Gasteiger partial charge in [0.15, 0.2) is 5.82 Å². The summed E-state index contributed by atoms with van der Waals surface area (Å²) in [6.45, 7) is 5.24. The fourth-order valence-electron chi connectivity index (χ4n) is 3.98. The summed E-state index contributed by atoms with van der Waals surface area (Å²) >= 11 is 0. The van der Waals surface area contributed by atoms with Gasteiger partial charge in [0, 0.05) is 25.5 Å². The van der Waals surface area contributed by atoms with E-state index in [4.69, 9.17) is 0 Å². The summed E-state index contributed by atoms with van der Waals surface area (Å²) in [6.07, 6.45) is 7.13. The van der Waals surface area contributed by atoms with Crippen molar-refractivity contribution in [2.24, 2.45) is 5.92 Å². The van der Waals surface area contributed by atoms with Crippen LogP contribution in [-0.2, 0) is 13.0 Å². The molecule has 0 radical (unpaired) electrons. The third-order valence-corrected chi connectivity index (χ3v) is 5.33. The van der Waals surface area contributed by atoms with E-state index in [1.165, 1.54) is 24.0 Å². The molecule has 3 heterocycles. The second kappa shape index (κ2) is 8.39. The second-order valence-electron chi connectivity index (χ2n) is 7.42. The van der Waals surface area contributed by atoms with Gasteiger partial charge in [-0.05, 0) is 65.4 Å². The van der Waals surface area contributed by atoms with Crippen LogP contribution in [0.1, 0.15) is 42.8 Å². The van der Waals surface area contributed by atoms with Crippen LogP contribution in [0, 0.1) is 5.92 Å². The first-order chi connectivity index (χ1) is 13.3. The van der Waals surface area contributed by atoms with Crippen molar-refractivity contribution in [3.63, 3.8) is 0 Å². The van der Waals surface area contributed by atoms with E-state index in [1.807, 2.05) is 23.1 Å².